The molecule has 0 atom stereocenters. The normalized spacial score (nSPS) is 40.6. The monoisotopic (exact) mass is 250 g/mol. The molecule has 18 heavy (non-hydrogen) atoms. The van der Waals surface area contributed by atoms with Gasteiger partial charge < -0.3 is 10.2 Å². The summed E-state index contributed by atoms with van der Waals surface area (Å²) in [5.41, 5.74) is -0.571. The van der Waals surface area contributed by atoms with Gasteiger partial charge >= 0.3 is 11.9 Å². The van der Waals surface area contributed by atoms with Crippen LogP contribution in [0.2, 0.25) is 0 Å². The Balaban J connectivity index is 1.93. The summed E-state index contributed by atoms with van der Waals surface area (Å²) in [6, 6.07) is 0. The summed E-state index contributed by atoms with van der Waals surface area (Å²) in [6.07, 6.45) is 8.34. The number of hydrogen-bond donors (Lipinski definition) is 2. The minimum absolute atomic E-state index is 0.138. The summed E-state index contributed by atoms with van der Waals surface area (Å²) >= 11 is 0. The molecular weight excluding hydrogens is 232 g/mol. The molecule has 4 saturated carbocycles. The van der Waals surface area contributed by atoms with E-state index in [1.165, 1.54) is 19.3 Å². The first-order valence-electron chi connectivity index (χ1n) is 6.67. The number of carbonyl (C=O) groups is 2. The van der Waals surface area contributed by atoms with Crippen molar-refractivity contribution in [3.05, 3.63) is 11.6 Å². The van der Waals surface area contributed by atoms with Gasteiger partial charge in [0.2, 0.25) is 0 Å². The molecule has 4 rings (SSSR count). The molecule has 0 aromatic carbocycles. The van der Waals surface area contributed by atoms with Crippen molar-refractivity contribution in [1.29, 1.82) is 0 Å². The zero-order valence-corrected chi connectivity index (χ0v) is 10.3. The SMILES string of the molecule is O=C(O)C(=CC12CC3CC(CC(C3)C1)C2)C(=O)O. The molecule has 4 aliphatic carbocycles. The first-order valence-corrected chi connectivity index (χ1v) is 6.67. The van der Waals surface area contributed by atoms with Crippen LogP contribution in [0.3, 0.4) is 0 Å². The van der Waals surface area contributed by atoms with Gasteiger partial charge in [-0.3, -0.25) is 0 Å². The summed E-state index contributed by atoms with van der Waals surface area (Å²) in [5.74, 6) is -0.541. The van der Waals surface area contributed by atoms with Gasteiger partial charge in [-0.15, -0.1) is 0 Å². The number of aliphatic carboxylic acids is 2. The van der Waals surface area contributed by atoms with Gasteiger partial charge in [-0.1, -0.05) is 6.08 Å². The van der Waals surface area contributed by atoms with Crippen LogP contribution < -0.4 is 0 Å². The molecule has 0 amide bonds. The van der Waals surface area contributed by atoms with E-state index in [1.807, 2.05) is 0 Å². The molecule has 0 spiro atoms. The summed E-state index contributed by atoms with van der Waals surface area (Å²) in [4.78, 5) is 22.0. The van der Waals surface area contributed by atoms with Gasteiger partial charge in [0.05, 0.1) is 0 Å². The standard InChI is InChI=1S/C14H18O4/c15-12(16)11(13(17)18)7-14-4-8-1-9(5-14)3-10(2-8)6-14/h7-10H,1-6H2,(H,15,16)(H,17,18). The first kappa shape index (κ1) is 11.8. The predicted octanol–water partition coefficient (Wildman–Crippen LogP) is 2.30. The van der Waals surface area contributed by atoms with Crippen LogP contribution in [0.5, 0.6) is 0 Å². The third-order valence-electron chi connectivity index (χ3n) is 5.00. The molecule has 4 aliphatic rings. The number of rotatable bonds is 3. The van der Waals surface area contributed by atoms with Crippen LogP contribution in [0.25, 0.3) is 0 Å². The second-order valence-electron chi connectivity index (χ2n) is 6.45. The third kappa shape index (κ3) is 1.84. The summed E-state index contributed by atoms with van der Waals surface area (Å²) in [7, 11) is 0. The quantitative estimate of drug-likeness (QED) is 0.458. The lowest BCUT2D eigenvalue weighted by Crippen LogP contribution is -2.45. The van der Waals surface area contributed by atoms with Crippen molar-refractivity contribution >= 4 is 11.9 Å². The Bertz CT molecular complexity index is 384. The highest BCUT2D eigenvalue weighted by Gasteiger charge is 2.50. The van der Waals surface area contributed by atoms with E-state index < -0.39 is 17.5 Å². The van der Waals surface area contributed by atoms with Crippen molar-refractivity contribution in [2.45, 2.75) is 38.5 Å². The van der Waals surface area contributed by atoms with Crippen molar-refractivity contribution < 1.29 is 19.8 Å². The van der Waals surface area contributed by atoms with Gasteiger partial charge in [0.1, 0.15) is 5.57 Å². The lowest BCUT2D eigenvalue weighted by atomic mass is 9.49. The second kappa shape index (κ2) is 3.84. The van der Waals surface area contributed by atoms with Crippen LogP contribution in [-0.2, 0) is 9.59 Å². The van der Waals surface area contributed by atoms with E-state index >= 15 is 0 Å². The second-order valence-corrected chi connectivity index (χ2v) is 6.45. The average Bonchev–Trinajstić information content (AvgIpc) is 2.23. The van der Waals surface area contributed by atoms with Gasteiger partial charge in [0.25, 0.3) is 0 Å². The maximum atomic E-state index is 11.0. The number of carboxylic acid groups (broad SMARTS) is 2. The van der Waals surface area contributed by atoms with E-state index in [0.29, 0.717) is 17.8 Å². The predicted molar refractivity (Wildman–Crippen MR) is 64.0 cm³/mol. The molecule has 98 valence electrons. The van der Waals surface area contributed by atoms with Crippen molar-refractivity contribution in [3.8, 4) is 0 Å². The molecule has 0 unspecified atom stereocenters. The molecule has 0 radical (unpaired) electrons. The van der Waals surface area contributed by atoms with Crippen molar-refractivity contribution in [1.82, 2.24) is 0 Å². The van der Waals surface area contributed by atoms with Crippen LogP contribution in [0.15, 0.2) is 11.6 Å². The Hall–Kier alpha value is -1.32. The molecule has 0 aromatic rings. The Labute approximate surface area is 106 Å². The fourth-order valence-electron chi connectivity index (χ4n) is 4.88. The lowest BCUT2D eigenvalue weighted by molar-refractivity contribution is -0.140. The van der Waals surface area contributed by atoms with E-state index in [2.05, 4.69) is 0 Å². The molecule has 4 bridgehead atoms. The van der Waals surface area contributed by atoms with Crippen molar-refractivity contribution in [3.63, 3.8) is 0 Å². The minimum Gasteiger partial charge on any atom is -0.477 e. The lowest BCUT2D eigenvalue weighted by Gasteiger charge is -2.55. The highest BCUT2D eigenvalue weighted by atomic mass is 16.4. The van der Waals surface area contributed by atoms with Crippen molar-refractivity contribution in [2.75, 3.05) is 0 Å². The Morgan fingerprint density at radius 3 is 1.61 bits per heavy atom. The van der Waals surface area contributed by atoms with Crippen LogP contribution >= 0.6 is 0 Å². The Morgan fingerprint density at radius 2 is 1.28 bits per heavy atom. The minimum atomic E-state index is -1.31. The summed E-state index contributed by atoms with van der Waals surface area (Å²) < 4.78 is 0. The molecule has 4 fully saturated rings. The van der Waals surface area contributed by atoms with E-state index in [9.17, 15) is 9.59 Å². The molecule has 4 nitrogen and oxygen atoms in total. The molecule has 4 heteroatoms. The van der Waals surface area contributed by atoms with Crippen LogP contribution in [0.4, 0.5) is 0 Å². The van der Waals surface area contributed by atoms with Gasteiger partial charge in [0.15, 0.2) is 0 Å². The van der Waals surface area contributed by atoms with E-state index in [4.69, 9.17) is 10.2 Å². The fraction of sp³-hybridized carbons (Fsp3) is 0.714. The topological polar surface area (TPSA) is 74.6 Å². The highest BCUT2D eigenvalue weighted by molar-refractivity contribution is 6.12. The smallest absolute Gasteiger partial charge is 0.342 e. The maximum Gasteiger partial charge on any atom is 0.342 e. The molecule has 0 aromatic heterocycles. The zero-order valence-electron chi connectivity index (χ0n) is 10.3. The first-order chi connectivity index (χ1) is 8.47. The Morgan fingerprint density at radius 1 is 0.889 bits per heavy atom. The molecular formula is C14H18O4. The number of carboxylic acids is 2. The largest absolute Gasteiger partial charge is 0.477 e. The van der Waals surface area contributed by atoms with E-state index in [0.717, 1.165) is 19.3 Å². The zero-order chi connectivity index (χ0) is 12.9. The third-order valence-corrected chi connectivity index (χ3v) is 5.00. The van der Waals surface area contributed by atoms with Crippen LogP contribution in [0.1, 0.15) is 38.5 Å². The number of allylic oxidation sites excluding steroid dienone is 1. The molecule has 0 heterocycles. The van der Waals surface area contributed by atoms with Crippen LogP contribution in [-0.4, -0.2) is 22.2 Å². The highest BCUT2D eigenvalue weighted by Crippen LogP contribution is 2.60. The fourth-order valence-corrected chi connectivity index (χ4v) is 4.88. The van der Waals surface area contributed by atoms with Gasteiger partial charge in [-0.05, 0) is 61.7 Å². The van der Waals surface area contributed by atoms with Gasteiger partial charge in [-0.25, -0.2) is 9.59 Å². The van der Waals surface area contributed by atoms with E-state index in [-0.39, 0.29) is 5.41 Å². The molecule has 0 saturated heterocycles. The van der Waals surface area contributed by atoms with Gasteiger partial charge in [0, 0.05) is 0 Å². The average molecular weight is 250 g/mol. The molecule has 0 aliphatic heterocycles. The summed E-state index contributed by atoms with van der Waals surface area (Å²) in [6.45, 7) is 0. The number of hydrogen-bond acceptors (Lipinski definition) is 2. The Kier molecular flexibility index (Phi) is 2.50. The maximum absolute atomic E-state index is 11.0. The summed E-state index contributed by atoms with van der Waals surface area (Å²) in [5, 5.41) is 18.0. The van der Waals surface area contributed by atoms with Crippen LogP contribution in [0, 0.1) is 23.2 Å². The van der Waals surface area contributed by atoms with Crippen molar-refractivity contribution in [2.24, 2.45) is 23.2 Å². The molecule has 2 N–H and O–H groups in total. The van der Waals surface area contributed by atoms with E-state index in [1.54, 1.807) is 6.08 Å². The van der Waals surface area contributed by atoms with Gasteiger partial charge in [-0.2, -0.15) is 0 Å².